The number of unbranched alkanes of at least 4 members (excludes halogenated alkanes) is 14. The lowest BCUT2D eigenvalue weighted by atomic mass is 9.90. The fourth-order valence-corrected chi connectivity index (χ4v) is 6.92. The second kappa shape index (κ2) is 23.4. The molecule has 256 valence electrons. The lowest BCUT2D eigenvalue weighted by Crippen LogP contribution is -2.05. The summed E-state index contributed by atoms with van der Waals surface area (Å²) in [4.78, 5) is 0. The van der Waals surface area contributed by atoms with Crippen molar-refractivity contribution < 1.29 is 4.70 Å². The number of hydrogen-bond donors (Lipinski definition) is 0. The molecule has 0 saturated carbocycles. The van der Waals surface area contributed by atoms with Crippen molar-refractivity contribution in [1.29, 1.82) is 0 Å². The monoisotopic (exact) mass is 635 g/mol. The van der Waals surface area contributed by atoms with E-state index in [2.05, 4.69) is 88.1 Å². The minimum atomic E-state index is 0.862. The van der Waals surface area contributed by atoms with E-state index in [0.717, 1.165) is 74.7 Å². The molecule has 0 unspecified atom stereocenters. The van der Waals surface area contributed by atoms with Gasteiger partial charge in [0.25, 0.3) is 0 Å². The summed E-state index contributed by atoms with van der Waals surface area (Å²) in [7, 11) is 0. The number of aryl methyl sites for hydroxylation is 2. The Morgan fingerprint density at radius 2 is 1.02 bits per heavy atom. The van der Waals surface area contributed by atoms with E-state index in [4.69, 9.17) is 0 Å². The van der Waals surface area contributed by atoms with E-state index in [1.807, 2.05) is 0 Å². The molecular weight excluding hydrogens is 569 g/mol. The Labute approximate surface area is 290 Å². The number of allylic oxidation sites excluding steroid dienone is 2. The molecule has 0 radical (unpaired) electrons. The molecule has 2 aromatic carbocycles. The zero-order valence-electron chi connectivity index (χ0n) is 30.8. The van der Waals surface area contributed by atoms with Crippen LogP contribution in [0.3, 0.4) is 0 Å². The van der Waals surface area contributed by atoms with Crippen LogP contribution in [0.1, 0.15) is 185 Å². The molecule has 1 aliphatic heterocycles. The summed E-state index contributed by atoms with van der Waals surface area (Å²) in [5, 5.41) is 0. The Kier molecular flexibility index (Phi) is 19.2. The lowest BCUT2D eigenvalue weighted by molar-refractivity contribution is -0.345. The van der Waals surface area contributed by atoms with Crippen LogP contribution >= 0.6 is 0 Å². The van der Waals surface area contributed by atoms with Gasteiger partial charge >= 0.3 is 0 Å². The molecule has 0 N–H and O–H groups in total. The molecule has 0 saturated heterocycles. The number of nitrogens with zero attached hydrogens (tertiary/aromatic N) is 2. The molecule has 47 heavy (non-hydrogen) atoms. The quantitative estimate of drug-likeness (QED) is 0.0624. The first-order chi connectivity index (χ1) is 23.2. The summed E-state index contributed by atoms with van der Waals surface area (Å²) >= 11 is 0. The van der Waals surface area contributed by atoms with E-state index in [9.17, 15) is 5.53 Å². The highest BCUT2D eigenvalue weighted by Crippen LogP contribution is 2.45. The van der Waals surface area contributed by atoms with Gasteiger partial charge in [-0.05, 0) is 80.7 Å². The van der Waals surface area contributed by atoms with Crippen molar-refractivity contribution in [2.45, 2.75) is 175 Å². The predicted octanol–water partition coefficient (Wildman–Crippen LogP) is 14.2. The number of hydrogen-bond acceptors (Lipinski definition) is 0. The molecule has 2 nitrogen and oxygen atoms in total. The maximum atomic E-state index is 12.1. The summed E-state index contributed by atoms with van der Waals surface area (Å²) in [5.74, 6) is 6.95. The van der Waals surface area contributed by atoms with Gasteiger partial charge in [0.2, 0.25) is 11.4 Å². The van der Waals surface area contributed by atoms with Gasteiger partial charge in [-0.1, -0.05) is 141 Å². The van der Waals surface area contributed by atoms with E-state index in [-0.39, 0.29) is 0 Å². The van der Waals surface area contributed by atoms with Crippen LogP contribution in [0.4, 0.5) is 0 Å². The fourth-order valence-electron chi connectivity index (χ4n) is 6.92. The Balaban J connectivity index is 1.71. The van der Waals surface area contributed by atoms with E-state index >= 15 is 0 Å². The SMILES string of the molecule is CCCCCCCCCCCCC#CCCc1ccccc1C1=C(CCCC)C(CCCCC)=C(c2ccc(CCCC)cc2)[N+]1=[N-]. The third-order valence-electron chi connectivity index (χ3n) is 9.79. The van der Waals surface area contributed by atoms with Gasteiger partial charge in [-0.25, -0.2) is 4.70 Å². The molecule has 2 aromatic rings. The van der Waals surface area contributed by atoms with Crippen LogP contribution in [-0.4, -0.2) is 4.70 Å². The predicted molar refractivity (Wildman–Crippen MR) is 205 cm³/mol. The van der Waals surface area contributed by atoms with Gasteiger partial charge in [-0.2, -0.15) is 0 Å². The Hall–Kier alpha value is -2.92. The van der Waals surface area contributed by atoms with Crippen LogP contribution in [0, 0.1) is 11.8 Å². The van der Waals surface area contributed by atoms with Crippen LogP contribution in [0.2, 0.25) is 0 Å². The second-order valence-corrected chi connectivity index (χ2v) is 13.8. The molecule has 0 bridgehead atoms. The van der Waals surface area contributed by atoms with Crippen LogP contribution in [0.15, 0.2) is 59.7 Å². The van der Waals surface area contributed by atoms with Crippen molar-refractivity contribution in [3.63, 3.8) is 0 Å². The zero-order valence-corrected chi connectivity index (χ0v) is 30.8. The Morgan fingerprint density at radius 1 is 0.489 bits per heavy atom. The summed E-state index contributed by atoms with van der Waals surface area (Å²) in [6, 6.07) is 17.7. The molecule has 1 heterocycles. The lowest BCUT2D eigenvalue weighted by Gasteiger charge is -2.13. The topological polar surface area (TPSA) is 25.3 Å². The zero-order chi connectivity index (χ0) is 33.5. The maximum Gasteiger partial charge on any atom is 0.211 e. The van der Waals surface area contributed by atoms with E-state index in [1.165, 1.54) is 118 Å². The highest BCUT2D eigenvalue weighted by atomic mass is 15.2. The smallest absolute Gasteiger partial charge is 0.211 e. The highest BCUT2D eigenvalue weighted by Gasteiger charge is 2.35. The normalized spacial score (nSPS) is 13.1. The number of rotatable bonds is 24. The summed E-state index contributed by atoms with van der Waals surface area (Å²) in [6.07, 6.45) is 27.8. The molecule has 0 spiro atoms. The standard InChI is InChI=1S/C45H66N2/c1-5-9-13-14-15-16-17-18-19-20-21-22-23-25-29-39-30-26-27-32-41(39)45-43(31-12-8-4)42(33-24-10-6-2)44(47(45)46)40-36-34-38(35-37-40)28-11-7-3/h26-27,30,32,34-37H,5-21,24-25,28-29,31,33H2,1-4H3. The van der Waals surface area contributed by atoms with Gasteiger partial charge in [0.05, 0.1) is 0 Å². The van der Waals surface area contributed by atoms with E-state index in [0.29, 0.717) is 0 Å². The van der Waals surface area contributed by atoms with Crippen molar-refractivity contribution in [1.82, 2.24) is 0 Å². The summed E-state index contributed by atoms with van der Waals surface area (Å²) < 4.78 is 1.56. The van der Waals surface area contributed by atoms with Crippen LogP contribution < -0.4 is 0 Å². The minimum absolute atomic E-state index is 0.862. The molecule has 1 aliphatic rings. The van der Waals surface area contributed by atoms with Crippen molar-refractivity contribution in [3.8, 4) is 11.8 Å². The first kappa shape index (κ1) is 38.5. The van der Waals surface area contributed by atoms with Gasteiger partial charge in [-0.15, -0.1) is 11.8 Å². The molecule has 0 amide bonds. The Morgan fingerprint density at radius 3 is 1.70 bits per heavy atom. The maximum absolute atomic E-state index is 12.1. The molecular formula is C45H66N2. The molecule has 0 fully saturated rings. The van der Waals surface area contributed by atoms with Gasteiger partial charge in [0, 0.05) is 35.1 Å². The highest BCUT2D eigenvalue weighted by molar-refractivity contribution is 5.82. The van der Waals surface area contributed by atoms with Gasteiger partial charge in [0.1, 0.15) is 0 Å². The van der Waals surface area contributed by atoms with E-state index in [1.54, 1.807) is 4.70 Å². The summed E-state index contributed by atoms with van der Waals surface area (Å²) in [6.45, 7) is 9.08. The van der Waals surface area contributed by atoms with Crippen molar-refractivity contribution >= 4 is 11.4 Å². The largest absolute Gasteiger partial charge is 0.493 e. The summed E-state index contributed by atoms with van der Waals surface area (Å²) in [5.41, 5.74) is 21.7. The molecule has 2 heteroatoms. The second-order valence-electron chi connectivity index (χ2n) is 13.8. The van der Waals surface area contributed by atoms with E-state index < -0.39 is 0 Å². The average Bonchev–Trinajstić information content (AvgIpc) is 3.37. The average molecular weight is 635 g/mol. The molecule has 0 atom stereocenters. The van der Waals surface area contributed by atoms with Crippen LogP contribution in [-0.2, 0) is 12.8 Å². The first-order valence-electron chi connectivity index (χ1n) is 19.7. The number of benzene rings is 2. The molecule has 3 rings (SSSR count). The minimum Gasteiger partial charge on any atom is -0.493 e. The van der Waals surface area contributed by atoms with Crippen molar-refractivity contribution in [2.75, 3.05) is 0 Å². The Bertz CT molecular complexity index is 1310. The van der Waals surface area contributed by atoms with Gasteiger partial charge < -0.3 is 5.53 Å². The van der Waals surface area contributed by atoms with Crippen LogP contribution in [0.5, 0.6) is 0 Å². The fraction of sp³-hybridized carbons (Fsp3) is 0.600. The third kappa shape index (κ3) is 12.9. The molecule has 0 aliphatic carbocycles. The molecule has 0 aromatic heterocycles. The van der Waals surface area contributed by atoms with Crippen molar-refractivity contribution in [2.24, 2.45) is 0 Å². The van der Waals surface area contributed by atoms with Gasteiger partial charge in [-0.3, -0.25) is 0 Å². The first-order valence-corrected chi connectivity index (χ1v) is 19.7. The van der Waals surface area contributed by atoms with Gasteiger partial charge in [0.15, 0.2) is 0 Å². The third-order valence-corrected chi connectivity index (χ3v) is 9.79. The van der Waals surface area contributed by atoms with Crippen molar-refractivity contribution in [3.05, 3.63) is 87.5 Å². The van der Waals surface area contributed by atoms with Crippen LogP contribution in [0.25, 0.3) is 16.9 Å².